The summed E-state index contributed by atoms with van der Waals surface area (Å²) in [5, 5.41) is 2.77. The molecule has 9 nitrogen and oxygen atoms in total. The lowest BCUT2D eigenvalue weighted by Gasteiger charge is -2.23. The van der Waals surface area contributed by atoms with E-state index in [1.54, 1.807) is 7.05 Å². The molecule has 1 aliphatic rings. The summed E-state index contributed by atoms with van der Waals surface area (Å²) < 4.78 is 1.97. The van der Waals surface area contributed by atoms with E-state index in [4.69, 9.17) is 15.0 Å². The number of aromatic nitrogens is 4. The van der Waals surface area contributed by atoms with Crippen LogP contribution in [-0.4, -0.2) is 84.5 Å². The fourth-order valence-electron chi connectivity index (χ4n) is 4.52. The normalized spacial score (nSPS) is 15.4. The minimum absolute atomic E-state index is 0.197. The number of anilines is 2. The van der Waals surface area contributed by atoms with Gasteiger partial charge in [0.15, 0.2) is 11.3 Å². The number of para-hydroxylation sites is 2. The second kappa shape index (κ2) is 7.90. The number of amides is 1. The molecule has 9 heteroatoms. The predicted molar refractivity (Wildman–Crippen MR) is 128 cm³/mol. The van der Waals surface area contributed by atoms with Crippen LogP contribution in [0.15, 0.2) is 30.5 Å². The maximum Gasteiger partial charge on any atom is 0.257 e. The van der Waals surface area contributed by atoms with Gasteiger partial charge in [-0.25, -0.2) is 15.0 Å². The van der Waals surface area contributed by atoms with Gasteiger partial charge in [0.05, 0.1) is 22.9 Å². The number of rotatable bonds is 3. The average molecular weight is 433 g/mol. The molecule has 32 heavy (non-hydrogen) atoms. The Morgan fingerprint density at radius 1 is 1.06 bits per heavy atom. The number of fused-ring (bicyclic) bond motifs is 5. The number of nitrogens with one attached hydrogen (secondary N) is 1. The molecule has 0 radical (unpaired) electrons. The lowest BCUT2D eigenvalue weighted by atomic mass is 10.1. The molecule has 0 aliphatic carbocycles. The van der Waals surface area contributed by atoms with Crippen molar-refractivity contribution in [3.63, 3.8) is 0 Å². The van der Waals surface area contributed by atoms with Crippen molar-refractivity contribution in [1.29, 1.82) is 0 Å². The topological polar surface area (TPSA) is 81.9 Å². The summed E-state index contributed by atoms with van der Waals surface area (Å²) in [6.45, 7) is 3.91. The van der Waals surface area contributed by atoms with E-state index in [1.807, 2.05) is 53.9 Å². The summed E-state index contributed by atoms with van der Waals surface area (Å²) in [5.74, 6) is 0.654. The van der Waals surface area contributed by atoms with Crippen molar-refractivity contribution >= 4 is 45.3 Å². The van der Waals surface area contributed by atoms with Gasteiger partial charge in [-0.05, 0) is 32.1 Å². The van der Waals surface area contributed by atoms with Gasteiger partial charge in [-0.2, -0.15) is 0 Å². The number of carbonyl (C=O) groups excluding carboxylic acids is 1. The fourth-order valence-corrected chi connectivity index (χ4v) is 4.52. The molecule has 3 aromatic heterocycles. The lowest BCUT2D eigenvalue weighted by Crippen LogP contribution is -2.29. The minimum Gasteiger partial charge on any atom is -0.375 e. The molecular formula is C23H28N8O. The quantitative estimate of drug-likeness (QED) is 0.530. The summed E-state index contributed by atoms with van der Waals surface area (Å²) in [4.78, 5) is 34.3. The van der Waals surface area contributed by atoms with E-state index in [1.165, 1.54) is 0 Å². The Labute approximate surface area is 186 Å². The van der Waals surface area contributed by atoms with Crippen LogP contribution >= 0.6 is 0 Å². The average Bonchev–Trinajstić information content (AvgIpc) is 3.05. The van der Waals surface area contributed by atoms with E-state index in [9.17, 15) is 4.79 Å². The summed E-state index contributed by atoms with van der Waals surface area (Å²) >= 11 is 0. The molecule has 0 atom stereocenters. The molecule has 1 N–H and O–H groups in total. The molecule has 1 amide bonds. The van der Waals surface area contributed by atoms with Crippen LogP contribution in [0.3, 0.4) is 0 Å². The molecule has 0 unspecified atom stereocenters. The first kappa shape index (κ1) is 20.4. The molecule has 0 bridgehead atoms. The summed E-state index contributed by atoms with van der Waals surface area (Å²) in [6.07, 6.45) is 2.91. The molecule has 1 aromatic carbocycles. The van der Waals surface area contributed by atoms with Crippen LogP contribution in [0.1, 0.15) is 16.8 Å². The number of carbonyl (C=O) groups is 1. The zero-order valence-electron chi connectivity index (χ0n) is 19.0. The van der Waals surface area contributed by atoms with Crippen LogP contribution < -0.4 is 15.1 Å². The Balaban J connectivity index is 1.86. The highest BCUT2D eigenvalue weighted by Gasteiger charge is 2.26. The maximum absolute atomic E-state index is 13.0. The van der Waals surface area contributed by atoms with Crippen LogP contribution in [0.2, 0.25) is 0 Å². The molecule has 5 rings (SSSR count). The fraction of sp³-hybridized carbons (Fsp3) is 0.391. The summed E-state index contributed by atoms with van der Waals surface area (Å²) in [7, 11) is 7.62. The van der Waals surface area contributed by atoms with Gasteiger partial charge < -0.3 is 20.0 Å². The highest BCUT2D eigenvalue weighted by molar-refractivity contribution is 6.12. The second-order valence-corrected chi connectivity index (χ2v) is 8.50. The van der Waals surface area contributed by atoms with E-state index in [0.717, 1.165) is 55.1 Å². The van der Waals surface area contributed by atoms with Crippen LogP contribution in [0.25, 0.3) is 27.8 Å². The van der Waals surface area contributed by atoms with Crippen LogP contribution in [0, 0.1) is 0 Å². The molecular weight excluding hydrogens is 404 g/mol. The van der Waals surface area contributed by atoms with E-state index in [0.29, 0.717) is 22.4 Å². The van der Waals surface area contributed by atoms with Gasteiger partial charge in [0.25, 0.3) is 5.91 Å². The Kier molecular flexibility index (Phi) is 5.05. The van der Waals surface area contributed by atoms with Gasteiger partial charge >= 0.3 is 0 Å². The van der Waals surface area contributed by atoms with Crippen molar-refractivity contribution in [2.45, 2.75) is 6.42 Å². The standard InChI is InChI=1S/C23H28N8O/c1-24-23(32)18-20(28(2)3)19-22(31-16-9-6-5-8-15(16)26-21(18)31)27-17(14-25-19)30-11-7-10-29(4)12-13-30/h5-6,8-9,14H,7,10-13H2,1-4H3,(H,24,32). The monoisotopic (exact) mass is 432 g/mol. The number of nitrogens with zero attached hydrogens (tertiary/aromatic N) is 7. The van der Waals surface area contributed by atoms with E-state index in [2.05, 4.69) is 22.2 Å². The maximum atomic E-state index is 13.0. The highest BCUT2D eigenvalue weighted by atomic mass is 16.1. The first-order valence-corrected chi connectivity index (χ1v) is 10.9. The third-order valence-corrected chi connectivity index (χ3v) is 6.14. The van der Waals surface area contributed by atoms with Gasteiger partial charge in [-0.15, -0.1) is 0 Å². The third-order valence-electron chi connectivity index (χ3n) is 6.14. The number of pyridine rings is 1. The zero-order chi connectivity index (χ0) is 22.4. The molecule has 1 aliphatic heterocycles. The number of hydrogen-bond donors (Lipinski definition) is 1. The zero-order valence-corrected chi connectivity index (χ0v) is 19.0. The van der Waals surface area contributed by atoms with Crippen LogP contribution in [-0.2, 0) is 0 Å². The Morgan fingerprint density at radius 3 is 2.66 bits per heavy atom. The van der Waals surface area contributed by atoms with Gasteiger partial charge in [0.2, 0.25) is 0 Å². The van der Waals surface area contributed by atoms with E-state index in [-0.39, 0.29) is 5.91 Å². The molecule has 1 saturated heterocycles. The largest absolute Gasteiger partial charge is 0.375 e. The Morgan fingerprint density at radius 2 is 1.88 bits per heavy atom. The Hall–Kier alpha value is -3.46. The molecule has 0 spiro atoms. The van der Waals surface area contributed by atoms with E-state index < -0.39 is 0 Å². The van der Waals surface area contributed by atoms with Gasteiger partial charge in [-0.3, -0.25) is 9.20 Å². The number of likely N-dealkylation sites (N-methyl/N-ethyl adjacent to an activating group) is 1. The van der Waals surface area contributed by atoms with Crippen LogP contribution in [0.4, 0.5) is 11.5 Å². The smallest absolute Gasteiger partial charge is 0.257 e. The first-order valence-electron chi connectivity index (χ1n) is 10.9. The van der Waals surface area contributed by atoms with Crippen molar-refractivity contribution in [2.75, 3.05) is 64.2 Å². The SMILES string of the molecule is CNC(=O)c1c(N(C)C)c2ncc(N3CCCN(C)CC3)nc2n2c1nc1ccccc12. The number of hydrogen-bond acceptors (Lipinski definition) is 7. The molecule has 0 saturated carbocycles. The van der Waals surface area contributed by atoms with Crippen molar-refractivity contribution in [1.82, 2.24) is 29.6 Å². The van der Waals surface area contributed by atoms with Crippen molar-refractivity contribution in [3.8, 4) is 0 Å². The number of benzene rings is 1. The molecule has 4 aromatic rings. The van der Waals surface area contributed by atoms with Crippen LogP contribution in [0.5, 0.6) is 0 Å². The second-order valence-electron chi connectivity index (χ2n) is 8.50. The predicted octanol–water partition coefficient (Wildman–Crippen LogP) is 2.00. The molecule has 166 valence electrons. The Bertz CT molecular complexity index is 1330. The lowest BCUT2D eigenvalue weighted by molar-refractivity contribution is 0.0965. The number of imidazole rings is 1. The highest BCUT2D eigenvalue weighted by Crippen LogP contribution is 2.34. The molecule has 1 fully saturated rings. The molecule has 4 heterocycles. The van der Waals surface area contributed by atoms with Crippen molar-refractivity contribution < 1.29 is 4.79 Å². The summed E-state index contributed by atoms with van der Waals surface area (Å²) in [6, 6.07) is 7.89. The van der Waals surface area contributed by atoms with Gasteiger partial charge in [0, 0.05) is 40.8 Å². The minimum atomic E-state index is -0.197. The van der Waals surface area contributed by atoms with Crippen molar-refractivity contribution in [3.05, 3.63) is 36.0 Å². The summed E-state index contributed by atoms with van der Waals surface area (Å²) in [5.41, 5.74) is 4.92. The first-order chi connectivity index (χ1) is 15.5. The third kappa shape index (κ3) is 3.20. The van der Waals surface area contributed by atoms with Crippen molar-refractivity contribution in [2.24, 2.45) is 0 Å². The van der Waals surface area contributed by atoms with Gasteiger partial charge in [-0.1, -0.05) is 12.1 Å². The van der Waals surface area contributed by atoms with E-state index >= 15 is 0 Å². The van der Waals surface area contributed by atoms with Gasteiger partial charge in [0.1, 0.15) is 16.9 Å².